The van der Waals surface area contributed by atoms with Gasteiger partial charge in [0.1, 0.15) is 5.65 Å². The zero-order chi connectivity index (χ0) is 14.1. The maximum atomic E-state index is 4.31. The number of nitrogens with zero attached hydrogens (tertiary/aromatic N) is 1. The maximum Gasteiger partial charge on any atom is 0.137 e. The molecule has 3 aromatic rings. The summed E-state index contributed by atoms with van der Waals surface area (Å²) in [5.74, 6) is 0. The van der Waals surface area contributed by atoms with Crippen LogP contribution in [0.4, 0.5) is 5.69 Å². The lowest BCUT2D eigenvalue weighted by Crippen LogP contribution is -2.02. The summed E-state index contributed by atoms with van der Waals surface area (Å²) in [6.07, 6.45) is 3.83. The number of rotatable bonds is 3. The third-order valence-corrected chi connectivity index (χ3v) is 3.95. The fraction of sp³-hybridized carbons (Fsp3) is 0.188. The van der Waals surface area contributed by atoms with E-state index in [9.17, 15) is 0 Å². The molecular formula is C16H16BrN3. The summed E-state index contributed by atoms with van der Waals surface area (Å²) in [5, 5.41) is 4.71. The van der Waals surface area contributed by atoms with Gasteiger partial charge in [0.15, 0.2) is 0 Å². The van der Waals surface area contributed by atoms with E-state index >= 15 is 0 Å². The predicted molar refractivity (Wildman–Crippen MR) is 87.0 cm³/mol. The van der Waals surface area contributed by atoms with Crippen molar-refractivity contribution < 1.29 is 0 Å². The molecule has 2 N–H and O–H groups in total. The van der Waals surface area contributed by atoms with Crippen LogP contribution in [0.1, 0.15) is 16.7 Å². The maximum absolute atomic E-state index is 4.31. The second kappa shape index (κ2) is 5.29. The number of fused-ring (bicyclic) bond motifs is 1. The number of pyridine rings is 1. The molecule has 4 heteroatoms. The van der Waals surface area contributed by atoms with Crippen molar-refractivity contribution in [1.29, 1.82) is 0 Å². The van der Waals surface area contributed by atoms with Crippen LogP contribution in [0.3, 0.4) is 0 Å². The van der Waals surface area contributed by atoms with Crippen LogP contribution in [0, 0.1) is 13.8 Å². The summed E-state index contributed by atoms with van der Waals surface area (Å²) in [4.78, 5) is 7.52. The first-order chi connectivity index (χ1) is 9.65. The van der Waals surface area contributed by atoms with Crippen molar-refractivity contribution in [3.63, 3.8) is 0 Å². The lowest BCUT2D eigenvalue weighted by atomic mass is 10.1. The fourth-order valence-electron chi connectivity index (χ4n) is 2.53. The highest BCUT2D eigenvalue weighted by Crippen LogP contribution is 2.26. The van der Waals surface area contributed by atoms with Gasteiger partial charge in [-0.2, -0.15) is 0 Å². The normalized spacial score (nSPS) is 10.9. The highest BCUT2D eigenvalue weighted by Gasteiger charge is 2.07. The van der Waals surface area contributed by atoms with Crippen molar-refractivity contribution in [3.05, 3.63) is 57.8 Å². The van der Waals surface area contributed by atoms with Gasteiger partial charge in [0.25, 0.3) is 0 Å². The Hall–Kier alpha value is -1.81. The molecule has 0 saturated carbocycles. The minimum absolute atomic E-state index is 0.787. The average Bonchev–Trinajstić information content (AvgIpc) is 2.81. The molecule has 2 aromatic heterocycles. The second-order valence-corrected chi connectivity index (χ2v) is 5.90. The van der Waals surface area contributed by atoms with E-state index in [1.54, 1.807) is 6.20 Å². The van der Waals surface area contributed by atoms with Gasteiger partial charge >= 0.3 is 0 Å². The molecular weight excluding hydrogens is 314 g/mol. The second-order valence-electron chi connectivity index (χ2n) is 4.98. The van der Waals surface area contributed by atoms with E-state index in [1.165, 1.54) is 27.8 Å². The summed E-state index contributed by atoms with van der Waals surface area (Å²) >= 11 is 3.53. The average molecular weight is 330 g/mol. The number of aryl methyl sites for hydroxylation is 2. The Morgan fingerprint density at radius 2 is 2.00 bits per heavy atom. The fourth-order valence-corrected chi connectivity index (χ4v) is 3.22. The Balaban J connectivity index is 1.87. The standard InChI is InChI=1S/C16H16BrN3/c1-10-6-13(17)7-11(2)15(10)19-8-12-9-20-16-14(12)4-3-5-18-16/h3-7,9,19H,8H2,1-2H3,(H,18,20). The van der Waals surface area contributed by atoms with Gasteiger partial charge in [-0.1, -0.05) is 15.9 Å². The number of aromatic nitrogens is 2. The number of H-pyrrole nitrogens is 1. The quantitative estimate of drug-likeness (QED) is 0.739. The summed E-state index contributed by atoms with van der Waals surface area (Å²) in [5.41, 5.74) is 5.86. The van der Waals surface area contributed by atoms with E-state index in [-0.39, 0.29) is 0 Å². The Labute approximate surface area is 126 Å². The smallest absolute Gasteiger partial charge is 0.137 e. The molecule has 0 aliphatic heterocycles. The van der Waals surface area contributed by atoms with Crippen molar-refractivity contribution in [1.82, 2.24) is 9.97 Å². The number of benzene rings is 1. The van der Waals surface area contributed by atoms with E-state index in [0.717, 1.165) is 16.7 Å². The van der Waals surface area contributed by atoms with Crippen molar-refractivity contribution in [2.45, 2.75) is 20.4 Å². The van der Waals surface area contributed by atoms with E-state index in [4.69, 9.17) is 0 Å². The molecule has 0 bridgehead atoms. The Bertz CT molecular complexity index is 738. The number of anilines is 1. The van der Waals surface area contributed by atoms with Crippen LogP contribution in [-0.2, 0) is 6.54 Å². The van der Waals surface area contributed by atoms with Gasteiger partial charge in [-0.15, -0.1) is 0 Å². The van der Waals surface area contributed by atoms with Crippen molar-refractivity contribution in [3.8, 4) is 0 Å². The first kappa shape index (κ1) is 13.2. The first-order valence-electron chi connectivity index (χ1n) is 6.57. The van der Waals surface area contributed by atoms with E-state index in [0.29, 0.717) is 0 Å². The lowest BCUT2D eigenvalue weighted by molar-refractivity contribution is 1.14. The molecule has 3 nitrogen and oxygen atoms in total. The Morgan fingerprint density at radius 3 is 2.75 bits per heavy atom. The third-order valence-electron chi connectivity index (χ3n) is 3.49. The van der Waals surface area contributed by atoms with Gasteiger partial charge in [-0.25, -0.2) is 4.98 Å². The summed E-state index contributed by atoms with van der Waals surface area (Å²) in [6, 6.07) is 8.32. The molecule has 1 aromatic carbocycles. The molecule has 102 valence electrons. The van der Waals surface area contributed by atoms with Crippen LogP contribution < -0.4 is 5.32 Å². The molecule has 0 unspecified atom stereocenters. The van der Waals surface area contributed by atoms with Crippen LogP contribution in [0.5, 0.6) is 0 Å². The highest BCUT2D eigenvalue weighted by molar-refractivity contribution is 9.10. The molecule has 0 saturated heterocycles. The van der Waals surface area contributed by atoms with Gasteiger partial charge in [0, 0.05) is 34.5 Å². The molecule has 0 amide bonds. The minimum atomic E-state index is 0.787. The topological polar surface area (TPSA) is 40.7 Å². The predicted octanol–water partition coefficient (Wildman–Crippen LogP) is 4.55. The zero-order valence-electron chi connectivity index (χ0n) is 11.5. The number of hydrogen-bond donors (Lipinski definition) is 2. The minimum Gasteiger partial charge on any atom is -0.380 e. The number of halogens is 1. The highest BCUT2D eigenvalue weighted by atomic mass is 79.9. The van der Waals surface area contributed by atoms with Crippen molar-refractivity contribution in [2.24, 2.45) is 0 Å². The Morgan fingerprint density at radius 1 is 1.25 bits per heavy atom. The molecule has 2 heterocycles. The van der Waals surface area contributed by atoms with Crippen LogP contribution >= 0.6 is 15.9 Å². The van der Waals surface area contributed by atoms with Gasteiger partial charge < -0.3 is 10.3 Å². The molecule has 0 aliphatic rings. The summed E-state index contributed by atoms with van der Waals surface area (Å²) < 4.78 is 1.12. The van der Waals surface area contributed by atoms with Crippen LogP contribution in [0.15, 0.2) is 41.1 Å². The molecule has 0 radical (unpaired) electrons. The van der Waals surface area contributed by atoms with Gasteiger partial charge in [-0.3, -0.25) is 0 Å². The van der Waals surface area contributed by atoms with E-state index in [2.05, 4.69) is 63.3 Å². The molecule has 0 spiro atoms. The molecule has 3 rings (SSSR count). The zero-order valence-corrected chi connectivity index (χ0v) is 13.1. The van der Waals surface area contributed by atoms with Gasteiger partial charge in [-0.05, 0) is 54.8 Å². The number of aromatic amines is 1. The van der Waals surface area contributed by atoms with Crippen molar-refractivity contribution >= 4 is 32.7 Å². The van der Waals surface area contributed by atoms with Crippen molar-refractivity contribution in [2.75, 3.05) is 5.32 Å². The third kappa shape index (κ3) is 2.43. The molecule has 0 atom stereocenters. The largest absolute Gasteiger partial charge is 0.380 e. The van der Waals surface area contributed by atoms with Crippen LogP contribution in [0.2, 0.25) is 0 Å². The number of hydrogen-bond acceptors (Lipinski definition) is 2. The van der Waals surface area contributed by atoms with E-state index < -0.39 is 0 Å². The SMILES string of the molecule is Cc1cc(Br)cc(C)c1NCc1c[nH]c2ncccc12. The van der Waals surface area contributed by atoms with Gasteiger partial charge in [0.05, 0.1) is 0 Å². The monoisotopic (exact) mass is 329 g/mol. The summed E-state index contributed by atoms with van der Waals surface area (Å²) in [7, 11) is 0. The lowest BCUT2D eigenvalue weighted by Gasteiger charge is -2.13. The molecule has 0 aliphatic carbocycles. The van der Waals surface area contributed by atoms with Crippen LogP contribution in [0.25, 0.3) is 11.0 Å². The molecule has 20 heavy (non-hydrogen) atoms. The summed E-state index contributed by atoms with van der Waals surface area (Å²) in [6.45, 7) is 5.03. The first-order valence-corrected chi connectivity index (χ1v) is 7.36. The molecule has 0 fully saturated rings. The van der Waals surface area contributed by atoms with Gasteiger partial charge in [0.2, 0.25) is 0 Å². The Kier molecular flexibility index (Phi) is 3.49. The van der Waals surface area contributed by atoms with E-state index in [1.807, 2.05) is 12.3 Å². The number of nitrogens with one attached hydrogen (secondary N) is 2. The van der Waals surface area contributed by atoms with Crippen LogP contribution in [-0.4, -0.2) is 9.97 Å².